The second-order valence-electron chi connectivity index (χ2n) is 6.23. The van der Waals surface area contributed by atoms with Crippen molar-refractivity contribution in [3.8, 4) is 5.75 Å². The van der Waals surface area contributed by atoms with Crippen LogP contribution < -0.4 is 15.0 Å². The first kappa shape index (κ1) is 18.0. The number of nitrogens with one attached hydrogen (secondary N) is 1. The van der Waals surface area contributed by atoms with Crippen molar-refractivity contribution < 1.29 is 14.3 Å². The highest BCUT2D eigenvalue weighted by molar-refractivity contribution is 6.53. The fourth-order valence-corrected chi connectivity index (χ4v) is 2.89. The number of methoxy groups -OCH3 is 1. The summed E-state index contributed by atoms with van der Waals surface area (Å²) in [5.41, 5.74) is 2.32. The molecule has 1 N–H and O–H groups in total. The summed E-state index contributed by atoms with van der Waals surface area (Å²) < 4.78 is 5.10. The van der Waals surface area contributed by atoms with E-state index in [4.69, 9.17) is 16.3 Å². The fraction of sp³-hybridized carbons (Fsp3) is 0.200. The monoisotopic (exact) mass is 370 g/mol. The Hall–Kier alpha value is -2.79. The zero-order valence-corrected chi connectivity index (χ0v) is 15.5. The number of nitrogens with zero attached hydrogens (tertiary/aromatic N) is 1. The molecule has 0 unspecified atom stereocenters. The Morgan fingerprint density at radius 2 is 1.58 bits per heavy atom. The molecule has 0 fully saturated rings. The van der Waals surface area contributed by atoms with E-state index >= 15 is 0 Å². The van der Waals surface area contributed by atoms with Crippen LogP contribution in [0.4, 0.5) is 11.4 Å². The quantitative estimate of drug-likeness (QED) is 0.799. The summed E-state index contributed by atoms with van der Waals surface area (Å²) in [5, 5.41) is 2.81. The van der Waals surface area contributed by atoms with Crippen molar-refractivity contribution in [2.24, 2.45) is 0 Å². The normalized spacial score (nSPS) is 14.4. The van der Waals surface area contributed by atoms with Gasteiger partial charge in [-0.2, -0.15) is 0 Å². The number of amides is 2. The molecule has 0 aliphatic carbocycles. The molecule has 0 bridgehead atoms. The average molecular weight is 371 g/mol. The number of ether oxygens (including phenoxy) is 1. The van der Waals surface area contributed by atoms with E-state index < -0.39 is 11.8 Å². The molecule has 0 spiro atoms. The Balaban J connectivity index is 1.84. The highest BCUT2D eigenvalue weighted by Gasteiger charge is 2.38. The molecule has 1 aliphatic heterocycles. The van der Waals surface area contributed by atoms with Crippen LogP contribution in [0.2, 0.25) is 0 Å². The van der Waals surface area contributed by atoms with Gasteiger partial charge in [0, 0.05) is 5.69 Å². The Morgan fingerprint density at radius 3 is 2.12 bits per heavy atom. The van der Waals surface area contributed by atoms with Crippen LogP contribution in [0.25, 0.3) is 0 Å². The summed E-state index contributed by atoms with van der Waals surface area (Å²) in [5.74, 6) is 0.0393. The molecule has 0 saturated heterocycles. The summed E-state index contributed by atoms with van der Waals surface area (Å²) >= 11 is 6.14. The van der Waals surface area contributed by atoms with Crippen LogP contribution in [-0.4, -0.2) is 18.9 Å². The lowest BCUT2D eigenvalue weighted by Gasteiger charge is -2.16. The van der Waals surface area contributed by atoms with E-state index in [1.807, 2.05) is 12.1 Å². The molecule has 2 aromatic rings. The van der Waals surface area contributed by atoms with Crippen LogP contribution in [0.15, 0.2) is 59.3 Å². The Bertz CT molecular complexity index is 871. The highest BCUT2D eigenvalue weighted by Crippen LogP contribution is 2.31. The van der Waals surface area contributed by atoms with Gasteiger partial charge in [-0.25, -0.2) is 4.90 Å². The minimum atomic E-state index is -0.537. The second-order valence-corrected chi connectivity index (χ2v) is 6.61. The van der Waals surface area contributed by atoms with Gasteiger partial charge in [-0.3, -0.25) is 9.59 Å². The van der Waals surface area contributed by atoms with E-state index in [9.17, 15) is 9.59 Å². The molecule has 3 rings (SSSR count). The van der Waals surface area contributed by atoms with Gasteiger partial charge in [0.1, 0.15) is 16.5 Å². The largest absolute Gasteiger partial charge is 0.497 e. The zero-order chi connectivity index (χ0) is 18.8. The van der Waals surface area contributed by atoms with Gasteiger partial charge in [0.25, 0.3) is 11.8 Å². The lowest BCUT2D eigenvalue weighted by Crippen LogP contribution is -2.32. The molecule has 1 heterocycles. The van der Waals surface area contributed by atoms with Gasteiger partial charge in [-0.05, 0) is 47.9 Å². The third kappa shape index (κ3) is 3.30. The predicted molar refractivity (Wildman–Crippen MR) is 103 cm³/mol. The highest BCUT2D eigenvalue weighted by atomic mass is 35.5. The fourth-order valence-electron chi connectivity index (χ4n) is 2.67. The van der Waals surface area contributed by atoms with Crippen molar-refractivity contribution in [2.45, 2.75) is 19.8 Å². The van der Waals surface area contributed by atoms with Crippen molar-refractivity contribution in [2.75, 3.05) is 17.3 Å². The van der Waals surface area contributed by atoms with Crippen LogP contribution in [-0.2, 0) is 9.59 Å². The van der Waals surface area contributed by atoms with Gasteiger partial charge in [0.15, 0.2) is 0 Å². The van der Waals surface area contributed by atoms with E-state index in [0.717, 1.165) is 10.5 Å². The van der Waals surface area contributed by atoms with E-state index in [-0.39, 0.29) is 10.7 Å². The average Bonchev–Trinajstić information content (AvgIpc) is 2.86. The third-order valence-electron chi connectivity index (χ3n) is 4.20. The first-order valence-corrected chi connectivity index (χ1v) is 8.59. The molecule has 6 heteroatoms. The van der Waals surface area contributed by atoms with Crippen molar-refractivity contribution in [1.29, 1.82) is 0 Å². The van der Waals surface area contributed by atoms with Gasteiger partial charge in [0.2, 0.25) is 0 Å². The Labute approximate surface area is 157 Å². The van der Waals surface area contributed by atoms with Crippen molar-refractivity contribution >= 4 is 34.8 Å². The van der Waals surface area contributed by atoms with Crippen LogP contribution in [0, 0.1) is 0 Å². The zero-order valence-electron chi connectivity index (χ0n) is 14.7. The molecule has 0 aromatic heterocycles. The summed E-state index contributed by atoms with van der Waals surface area (Å²) in [6, 6.07) is 14.3. The van der Waals surface area contributed by atoms with Gasteiger partial charge in [0.05, 0.1) is 12.8 Å². The van der Waals surface area contributed by atoms with E-state index in [1.54, 1.807) is 43.5 Å². The molecule has 0 saturated carbocycles. The number of carbonyl (C=O) groups is 2. The second kappa shape index (κ2) is 7.22. The van der Waals surface area contributed by atoms with E-state index in [0.29, 0.717) is 23.0 Å². The van der Waals surface area contributed by atoms with Gasteiger partial charge < -0.3 is 10.1 Å². The maximum absolute atomic E-state index is 12.7. The lowest BCUT2D eigenvalue weighted by atomic mass is 10.0. The molecule has 0 radical (unpaired) electrons. The molecule has 1 aliphatic rings. The maximum Gasteiger partial charge on any atom is 0.283 e. The number of anilines is 2. The molecular formula is C20H19ClN2O3. The Kier molecular flexibility index (Phi) is 5.00. The first-order valence-electron chi connectivity index (χ1n) is 8.22. The smallest absolute Gasteiger partial charge is 0.283 e. The van der Waals surface area contributed by atoms with Crippen LogP contribution in [0.3, 0.4) is 0 Å². The van der Waals surface area contributed by atoms with Crippen LogP contribution >= 0.6 is 11.6 Å². The molecular weight excluding hydrogens is 352 g/mol. The van der Waals surface area contributed by atoms with Crippen molar-refractivity contribution in [3.63, 3.8) is 0 Å². The van der Waals surface area contributed by atoms with Crippen molar-refractivity contribution in [1.82, 2.24) is 0 Å². The number of carbonyl (C=O) groups excluding carboxylic acids is 2. The molecule has 26 heavy (non-hydrogen) atoms. The lowest BCUT2D eigenvalue weighted by molar-refractivity contribution is -0.120. The Morgan fingerprint density at radius 1 is 0.962 bits per heavy atom. The molecule has 134 valence electrons. The molecule has 5 nitrogen and oxygen atoms in total. The molecule has 2 aromatic carbocycles. The summed E-state index contributed by atoms with van der Waals surface area (Å²) in [6.45, 7) is 4.16. The van der Waals surface area contributed by atoms with Gasteiger partial charge in [-0.1, -0.05) is 37.6 Å². The predicted octanol–water partition coefficient (Wildman–Crippen LogP) is 4.25. The maximum atomic E-state index is 12.7. The number of hydrogen-bond donors (Lipinski definition) is 1. The summed E-state index contributed by atoms with van der Waals surface area (Å²) in [6.07, 6.45) is 0. The number of rotatable bonds is 5. The number of imide groups is 1. The molecule has 0 atom stereocenters. The van der Waals surface area contributed by atoms with E-state index in [2.05, 4.69) is 19.2 Å². The first-order chi connectivity index (χ1) is 12.4. The summed E-state index contributed by atoms with van der Waals surface area (Å²) in [4.78, 5) is 26.3. The minimum Gasteiger partial charge on any atom is -0.497 e. The number of halogens is 1. The SMILES string of the molecule is COc1ccc(NC2=C(Cl)C(=O)N(c3ccc(C(C)C)cc3)C2=O)cc1. The standard InChI is InChI=1S/C20H19ClN2O3/c1-12(2)13-4-8-15(9-5-13)23-19(24)17(21)18(20(23)25)22-14-6-10-16(26-3)11-7-14/h4-12,22H,1-3H3. The van der Waals surface area contributed by atoms with E-state index in [1.165, 1.54) is 0 Å². The van der Waals surface area contributed by atoms with Crippen LogP contribution in [0.1, 0.15) is 25.3 Å². The van der Waals surface area contributed by atoms with Gasteiger partial charge >= 0.3 is 0 Å². The topological polar surface area (TPSA) is 58.6 Å². The van der Waals surface area contributed by atoms with Crippen molar-refractivity contribution in [3.05, 3.63) is 64.8 Å². The van der Waals surface area contributed by atoms with Crippen LogP contribution in [0.5, 0.6) is 5.75 Å². The van der Waals surface area contributed by atoms with Gasteiger partial charge in [-0.15, -0.1) is 0 Å². The third-order valence-corrected chi connectivity index (χ3v) is 4.56. The number of hydrogen-bond acceptors (Lipinski definition) is 4. The molecule has 2 amide bonds. The minimum absolute atomic E-state index is 0.0646. The summed E-state index contributed by atoms with van der Waals surface area (Å²) in [7, 11) is 1.57. The number of benzene rings is 2.